The molecule has 136 valence electrons. The van der Waals surface area contributed by atoms with Crippen LogP contribution in [0.4, 0.5) is 5.69 Å². The van der Waals surface area contributed by atoms with Gasteiger partial charge >= 0.3 is 0 Å². The van der Waals surface area contributed by atoms with E-state index < -0.39 is 10.0 Å². The Hall–Kier alpha value is -1.57. The number of rotatable bonds is 3. The maximum Gasteiger partial charge on any atom is 0.283 e. The van der Waals surface area contributed by atoms with Gasteiger partial charge in [0.25, 0.3) is 10.0 Å². The number of aromatic nitrogens is 2. The fourth-order valence-corrected chi connectivity index (χ4v) is 5.13. The van der Waals surface area contributed by atoms with Gasteiger partial charge in [0.05, 0.1) is 5.69 Å². The second-order valence-corrected chi connectivity index (χ2v) is 8.30. The van der Waals surface area contributed by atoms with E-state index in [-0.39, 0.29) is 17.4 Å². The summed E-state index contributed by atoms with van der Waals surface area (Å²) in [7, 11) is -3.62. The maximum absolute atomic E-state index is 13.1. The zero-order chi connectivity index (χ0) is 16.7. The molecule has 1 aromatic carbocycles. The van der Waals surface area contributed by atoms with Gasteiger partial charge in [-0.3, -0.25) is 4.31 Å². The molecule has 0 saturated carbocycles. The van der Waals surface area contributed by atoms with Crippen LogP contribution < -0.4 is 10.0 Å². The summed E-state index contributed by atoms with van der Waals surface area (Å²) in [5.41, 5.74) is 8.56. The third kappa shape index (κ3) is 3.16. The molecule has 3 heterocycles. The van der Waals surface area contributed by atoms with Crippen molar-refractivity contribution in [3.8, 4) is 0 Å². The minimum Gasteiger partial charge on any atom is -0.333 e. The largest absolute Gasteiger partial charge is 0.333 e. The summed E-state index contributed by atoms with van der Waals surface area (Å²) in [4.78, 5) is 4.42. The lowest BCUT2D eigenvalue weighted by Crippen LogP contribution is -2.35. The average molecular weight is 383 g/mol. The van der Waals surface area contributed by atoms with Gasteiger partial charge in [-0.2, -0.15) is 8.42 Å². The van der Waals surface area contributed by atoms with Crippen molar-refractivity contribution in [3.63, 3.8) is 0 Å². The lowest BCUT2D eigenvalue weighted by molar-refractivity contribution is 0.522. The Labute approximate surface area is 154 Å². The molecule has 0 aliphatic carbocycles. The molecule has 8 heteroatoms. The highest BCUT2D eigenvalue weighted by Gasteiger charge is 2.32. The lowest BCUT2D eigenvalue weighted by Gasteiger charge is -2.30. The summed E-state index contributed by atoms with van der Waals surface area (Å²) >= 11 is 0. The van der Waals surface area contributed by atoms with Gasteiger partial charge in [0.1, 0.15) is 5.82 Å². The number of anilines is 1. The molecule has 2 N–H and O–H groups in total. The fourth-order valence-electron chi connectivity index (χ4n) is 3.62. The smallest absolute Gasteiger partial charge is 0.283 e. The molecule has 0 amide bonds. The van der Waals surface area contributed by atoms with Crippen molar-refractivity contribution in [2.75, 3.05) is 10.8 Å². The zero-order valence-corrected chi connectivity index (χ0v) is 15.7. The summed E-state index contributed by atoms with van der Waals surface area (Å²) in [6.45, 7) is 1.82. The van der Waals surface area contributed by atoms with E-state index in [1.807, 2.05) is 22.8 Å². The number of benzene rings is 1. The monoisotopic (exact) mass is 382 g/mol. The Morgan fingerprint density at radius 1 is 1.12 bits per heavy atom. The van der Waals surface area contributed by atoms with Crippen LogP contribution in [0.15, 0.2) is 29.4 Å². The van der Waals surface area contributed by atoms with Crippen molar-refractivity contribution in [2.24, 2.45) is 5.73 Å². The fraction of sp³-hybridized carbons (Fsp3) is 0.471. The van der Waals surface area contributed by atoms with Crippen LogP contribution in [0.5, 0.6) is 0 Å². The van der Waals surface area contributed by atoms with Gasteiger partial charge in [0, 0.05) is 32.3 Å². The minimum atomic E-state index is -3.62. The molecule has 0 atom stereocenters. The average Bonchev–Trinajstić information content (AvgIpc) is 3.05. The summed E-state index contributed by atoms with van der Waals surface area (Å²) < 4.78 is 29.8. The first-order valence-corrected chi connectivity index (χ1v) is 9.94. The van der Waals surface area contributed by atoms with E-state index in [1.54, 1.807) is 6.20 Å². The second-order valence-electron chi connectivity index (χ2n) is 6.49. The first kappa shape index (κ1) is 18.2. The van der Waals surface area contributed by atoms with Gasteiger partial charge < -0.3 is 10.3 Å². The Morgan fingerprint density at radius 3 is 2.72 bits per heavy atom. The Balaban J connectivity index is 0.00000182. The van der Waals surface area contributed by atoms with Crippen molar-refractivity contribution in [2.45, 2.75) is 50.2 Å². The number of hydrogen-bond acceptors (Lipinski definition) is 4. The van der Waals surface area contributed by atoms with Crippen LogP contribution in [-0.2, 0) is 36.0 Å². The van der Waals surface area contributed by atoms with Crippen molar-refractivity contribution in [1.82, 2.24) is 9.55 Å². The van der Waals surface area contributed by atoms with E-state index in [2.05, 4.69) is 4.98 Å². The van der Waals surface area contributed by atoms with Crippen molar-refractivity contribution < 1.29 is 8.42 Å². The summed E-state index contributed by atoms with van der Waals surface area (Å²) in [6.07, 6.45) is 6.41. The van der Waals surface area contributed by atoms with Gasteiger partial charge in [-0.05, 0) is 42.9 Å². The molecule has 0 unspecified atom stereocenters. The number of imidazole rings is 1. The van der Waals surface area contributed by atoms with Gasteiger partial charge in [-0.1, -0.05) is 12.1 Å². The van der Waals surface area contributed by atoms with Crippen LogP contribution in [0.1, 0.15) is 36.2 Å². The molecular weight excluding hydrogens is 360 g/mol. The van der Waals surface area contributed by atoms with Gasteiger partial charge in [-0.15, -0.1) is 12.4 Å². The molecular formula is C17H23ClN4O2S. The minimum absolute atomic E-state index is 0. The molecule has 0 spiro atoms. The molecule has 0 bridgehead atoms. The van der Waals surface area contributed by atoms with E-state index >= 15 is 0 Å². The number of halogens is 1. The number of fused-ring (bicyclic) bond motifs is 2. The predicted octanol–water partition coefficient (Wildman–Crippen LogP) is 2.24. The first-order chi connectivity index (χ1) is 11.6. The SMILES string of the molecule is Cl.NCc1ccc2c(c1)CCCN2S(=O)(=O)c1cn2c(n1)CCCC2. The third-order valence-electron chi connectivity index (χ3n) is 4.90. The van der Waals surface area contributed by atoms with Crippen molar-refractivity contribution in [1.29, 1.82) is 0 Å². The lowest BCUT2D eigenvalue weighted by atomic mass is 10.0. The van der Waals surface area contributed by atoms with Crippen LogP contribution in [0.3, 0.4) is 0 Å². The molecule has 2 aliphatic heterocycles. The molecule has 4 rings (SSSR count). The van der Waals surface area contributed by atoms with E-state index in [9.17, 15) is 8.42 Å². The summed E-state index contributed by atoms with van der Waals surface area (Å²) in [6, 6.07) is 5.81. The second kappa shape index (κ2) is 6.97. The van der Waals surface area contributed by atoms with Crippen LogP contribution in [0, 0.1) is 0 Å². The van der Waals surface area contributed by atoms with Crippen LogP contribution in [0.2, 0.25) is 0 Å². The van der Waals surface area contributed by atoms with Crippen molar-refractivity contribution >= 4 is 28.1 Å². The number of nitrogens with two attached hydrogens (primary N) is 1. The number of sulfonamides is 1. The zero-order valence-electron chi connectivity index (χ0n) is 14.0. The molecule has 0 saturated heterocycles. The maximum atomic E-state index is 13.1. The molecule has 1 aromatic heterocycles. The van der Waals surface area contributed by atoms with E-state index in [1.165, 1.54) is 4.31 Å². The molecule has 2 aromatic rings. The quantitative estimate of drug-likeness (QED) is 0.882. The normalized spacial score (nSPS) is 16.8. The number of aryl methyl sites for hydroxylation is 3. The molecule has 0 radical (unpaired) electrons. The molecule has 0 fully saturated rings. The van der Waals surface area contributed by atoms with E-state index in [0.29, 0.717) is 13.1 Å². The number of nitrogens with zero attached hydrogens (tertiary/aromatic N) is 3. The van der Waals surface area contributed by atoms with Crippen LogP contribution in [-0.4, -0.2) is 24.5 Å². The van der Waals surface area contributed by atoms with Crippen molar-refractivity contribution in [3.05, 3.63) is 41.3 Å². The Kier molecular flexibility index (Phi) is 5.09. The standard InChI is InChI=1S/C17H22N4O2S.ClH/c18-11-13-6-7-15-14(10-13)4-3-9-21(15)24(22,23)17-12-20-8-2-1-5-16(20)19-17;/h6-7,10,12H,1-5,8-9,11,18H2;1H. The van der Waals surface area contributed by atoms with E-state index in [0.717, 1.165) is 61.3 Å². The number of hydrogen-bond donors (Lipinski definition) is 1. The Morgan fingerprint density at radius 2 is 1.96 bits per heavy atom. The predicted molar refractivity (Wildman–Crippen MR) is 99.6 cm³/mol. The summed E-state index contributed by atoms with van der Waals surface area (Å²) in [5, 5.41) is 0.176. The van der Waals surface area contributed by atoms with Gasteiger partial charge in [0.15, 0.2) is 5.03 Å². The molecule has 25 heavy (non-hydrogen) atoms. The third-order valence-corrected chi connectivity index (χ3v) is 6.58. The molecule has 2 aliphatic rings. The van der Waals surface area contributed by atoms with Gasteiger partial charge in [-0.25, -0.2) is 4.98 Å². The highest BCUT2D eigenvalue weighted by molar-refractivity contribution is 7.92. The highest BCUT2D eigenvalue weighted by Crippen LogP contribution is 2.32. The van der Waals surface area contributed by atoms with E-state index in [4.69, 9.17) is 5.73 Å². The highest BCUT2D eigenvalue weighted by atomic mass is 35.5. The summed E-state index contributed by atoms with van der Waals surface area (Å²) in [5.74, 6) is 0.885. The van der Waals surface area contributed by atoms with Gasteiger partial charge in [0.2, 0.25) is 0 Å². The van der Waals surface area contributed by atoms with Crippen LogP contribution >= 0.6 is 12.4 Å². The van der Waals surface area contributed by atoms with Crippen LogP contribution in [0.25, 0.3) is 0 Å². The first-order valence-electron chi connectivity index (χ1n) is 8.50. The molecule has 6 nitrogen and oxygen atoms in total. The topological polar surface area (TPSA) is 81.2 Å². The Bertz CT molecular complexity index is 855.